The highest BCUT2D eigenvalue weighted by molar-refractivity contribution is 7.90. The fourth-order valence-corrected chi connectivity index (χ4v) is 4.66. The minimum Gasteiger partial charge on any atom is -0.352 e. The summed E-state index contributed by atoms with van der Waals surface area (Å²) in [5, 5.41) is 5.41. The summed E-state index contributed by atoms with van der Waals surface area (Å²) >= 11 is 0. The van der Waals surface area contributed by atoms with Crippen molar-refractivity contribution in [3.63, 3.8) is 0 Å². The van der Waals surface area contributed by atoms with Gasteiger partial charge in [0.25, 0.3) is 6.43 Å². The Balaban J connectivity index is 1.59. The average molecular weight is 520 g/mol. The molecular formula is C22H20F3N7O3S. The van der Waals surface area contributed by atoms with Crippen LogP contribution in [0.25, 0.3) is 22.4 Å². The number of aryl methyl sites for hydroxylation is 1. The van der Waals surface area contributed by atoms with Gasteiger partial charge in [0.15, 0.2) is 21.3 Å². The summed E-state index contributed by atoms with van der Waals surface area (Å²) in [5.41, 5.74) is 1.49. The first-order valence-electron chi connectivity index (χ1n) is 10.7. The van der Waals surface area contributed by atoms with Crippen molar-refractivity contribution in [1.29, 1.82) is 0 Å². The van der Waals surface area contributed by atoms with Gasteiger partial charge < -0.3 is 20.2 Å². The van der Waals surface area contributed by atoms with Crippen LogP contribution in [0.2, 0.25) is 0 Å². The second kappa shape index (κ2) is 8.62. The SMILES string of the molecule is Cn1cncc1-c1ccc(Nc2cc(NC(=O)[C@H]3C[C@H]3F)nc3[nH]c(C(F)F)nc23)c(S(C)(=O)=O)c1. The van der Waals surface area contributed by atoms with Gasteiger partial charge in [0.1, 0.15) is 17.5 Å². The molecule has 36 heavy (non-hydrogen) atoms. The fourth-order valence-electron chi connectivity index (χ4n) is 3.80. The Labute approximate surface area is 202 Å². The molecule has 1 aliphatic rings. The summed E-state index contributed by atoms with van der Waals surface area (Å²) in [5.74, 6) is -2.07. The van der Waals surface area contributed by atoms with Crippen molar-refractivity contribution in [2.45, 2.75) is 23.9 Å². The topological polar surface area (TPSA) is 135 Å². The van der Waals surface area contributed by atoms with Gasteiger partial charge >= 0.3 is 0 Å². The number of anilines is 3. The summed E-state index contributed by atoms with van der Waals surface area (Å²) < 4.78 is 67.0. The number of halogens is 3. The third-order valence-corrected chi connectivity index (χ3v) is 6.88. The van der Waals surface area contributed by atoms with Crippen LogP contribution in [0.5, 0.6) is 0 Å². The molecule has 1 fully saturated rings. The van der Waals surface area contributed by atoms with E-state index in [9.17, 15) is 26.4 Å². The van der Waals surface area contributed by atoms with E-state index >= 15 is 0 Å². The van der Waals surface area contributed by atoms with Crippen LogP contribution < -0.4 is 10.6 Å². The number of H-pyrrole nitrogens is 1. The number of carbonyl (C=O) groups is 1. The molecule has 1 saturated carbocycles. The van der Waals surface area contributed by atoms with Gasteiger partial charge in [0.05, 0.1) is 40.4 Å². The second-order valence-corrected chi connectivity index (χ2v) is 10.5. The van der Waals surface area contributed by atoms with Crippen LogP contribution in [0.3, 0.4) is 0 Å². The lowest BCUT2D eigenvalue weighted by atomic mass is 10.1. The monoisotopic (exact) mass is 519 g/mol. The first-order chi connectivity index (χ1) is 17.0. The van der Waals surface area contributed by atoms with Crippen molar-refractivity contribution in [3.05, 3.63) is 42.6 Å². The van der Waals surface area contributed by atoms with Gasteiger partial charge in [-0.05, 0) is 18.6 Å². The molecule has 4 aromatic rings. The van der Waals surface area contributed by atoms with Crippen LogP contribution in [0.4, 0.5) is 30.4 Å². The highest BCUT2D eigenvalue weighted by Crippen LogP contribution is 2.36. The van der Waals surface area contributed by atoms with E-state index in [2.05, 4.69) is 30.6 Å². The van der Waals surface area contributed by atoms with E-state index in [4.69, 9.17) is 0 Å². The molecule has 14 heteroatoms. The van der Waals surface area contributed by atoms with E-state index in [0.717, 1.165) is 6.26 Å². The molecule has 1 aromatic carbocycles. The van der Waals surface area contributed by atoms with Crippen LogP contribution in [0.15, 0.2) is 41.7 Å². The molecule has 1 aliphatic carbocycles. The average Bonchev–Trinajstić information content (AvgIpc) is 3.16. The fraction of sp³-hybridized carbons (Fsp3) is 0.273. The Kier molecular flexibility index (Phi) is 5.70. The van der Waals surface area contributed by atoms with Crippen molar-refractivity contribution in [1.82, 2.24) is 24.5 Å². The summed E-state index contributed by atoms with van der Waals surface area (Å²) in [6.45, 7) is 0. The van der Waals surface area contributed by atoms with Gasteiger partial charge in [0, 0.05) is 24.9 Å². The molecule has 2 atom stereocenters. The van der Waals surface area contributed by atoms with E-state index in [1.807, 2.05) is 0 Å². The van der Waals surface area contributed by atoms with Crippen LogP contribution in [-0.2, 0) is 21.7 Å². The molecule has 5 rings (SSSR count). The Morgan fingerprint density at radius 3 is 2.58 bits per heavy atom. The molecule has 0 spiro atoms. The number of imidazole rings is 2. The maximum Gasteiger partial charge on any atom is 0.295 e. The number of carbonyl (C=O) groups excluding carboxylic acids is 1. The molecule has 3 N–H and O–H groups in total. The van der Waals surface area contributed by atoms with Gasteiger partial charge in [0.2, 0.25) is 5.91 Å². The van der Waals surface area contributed by atoms with Crippen LogP contribution in [0, 0.1) is 5.92 Å². The number of aromatic amines is 1. The number of rotatable bonds is 7. The van der Waals surface area contributed by atoms with E-state index in [0.29, 0.717) is 11.3 Å². The largest absolute Gasteiger partial charge is 0.352 e. The van der Waals surface area contributed by atoms with Crippen molar-refractivity contribution in [3.8, 4) is 11.3 Å². The zero-order valence-corrected chi connectivity index (χ0v) is 19.8. The molecule has 10 nitrogen and oxygen atoms in total. The first-order valence-corrected chi connectivity index (χ1v) is 12.6. The minimum atomic E-state index is -3.75. The number of pyridine rings is 1. The molecular weight excluding hydrogens is 499 g/mol. The number of aromatic nitrogens is 5. The Morgan fingerprint density at radius 1 is 1.22 bits per heavy atom. The van der Waals surface area contributed by atoms with Crippen molar-refractivity contribution in [2.24, 2.45) is 13.0 Å². The van der Waals surface area contributed by atoms with Crippen molar-refractivity contribution in [2.75, 3.05) is 16.9 Å². The van der Waals surface area contributed by atoms with Gasteiger partial charge in [-0.3, -0.25) is 4.79 Å². The molecule has 0 aliphatic heterocycles. The lowest BCUT2D eigenvalue weighted by molar-refractivity contribution is -0.117. The van der Waals surface area contributed by atoms with Crippen molar-refractivity contribution >= 4 is 44.1 Å². The zero-order valence-electron chi connectivity index (χ0n) is 19.0. The quantitative estimate of drug-likeness (QED) is 0.339. The normalized spacial score (nSPS) is 17.5. The van der Waals surface area contributed by atoms with Crippen LogP contribution in [-0.4, -0.2) is 51.3 Å². The number of fused-ring (bicyclic) bond motifs is 1. The number of nitrogens with one attached hydrogen (secondary N) is 3. The molecule has 3 heterocycles. The van der Waals surface area contributed by atoms with E-state index < -0.39 is 40.1 Å². The predicted octanol–water partition coefficient (Wildman–Crippen LogP) is 3.74. The second-order valence-electron chi connectivity index (χ2n) is 8.52. The van der Waals surface area contributed by atoms with Crippen LogP contribution in [0.1, 0.15) is 18.7 Å². The maximum absolute atomic E-state index is 13.3. The number of alkyl halides is 3. The summed E-state index contributed by atoms with van der Waals surface area (Å²) in [7, 11) is -1.98. The van der Waals surface area contributed by atoms with Gasteiger partial charge in [-0.2, -0.15) is 0 Å². The van der Waals surface area contributed by atoms with Gasteiger partial charge in [-0.25, -0.2) is 36.5 Å². The third-order valence-electron chi connectivity index (χ3n) is 5.74. The number of benzene rings is 1. The Bertz CT molecular complexity index is 1600. The predicted molar refractivity (Wildman–Crippen MR) is 126 cm³/mol. The lowest BCUT2D eigenvalue weighted by Crippen LogP contribution is -2.16. The van der Waals surface area contributed by atoms with Gasteiger partial charge in [-0.1, -0.05) is 6.07 Å². The third kappa shape index (κ3) is 4.51. The smallest absolute Gasteiger partial charge is 0.295 e. The first kappa shape index (κ1) is 23.8. The number of hydrogen-bond donors (Lipinski definition) is 3. The standard InChI is InChI=1S/C22H20F3N7O3S/c1-32-9-26-8-15(32)10-3-4-13(16(5-10)36(2,34)35)27-14-7-17(29-22(33)11-6-12(11)23)28-20-18(14)30-21(31-20)19(24)25/h3-5,7-9,11-12,19H,6H2,1-2H3,(H3,27,28,29,30,31,33)/t11-,12+/m0/s1. The lowest BCUT2D eigenvalue weighted by Gasteiger charge is -2.14. The number of nitrogens with zero attached hydrogens (tertiary/aromatic N) is 4. The number of sulfone groups is 1. The van der Waals surface area contributed by atoms with Gasteiger partial charge in [-0.15, -0.1) is 0 Å². The molecule has 0 radical (unpaired) electrons. The molecule has 0 saturated heterocycles. The van der Waals surface area contributed by atoms with E-state index in [1.165, 1.54) is 18.2 Å². The highest BCUT2D eigenvalue weighted by atomic mass is 32.2. The molecule has 0 unspecified atom stereocenters. The Hall–Kier alpha value is -3.94. The zero-order chi connectivity index (χ0) is 25.8. The molecule has 1 amide bonds. The minimum absolute atomic E-state index is 0.00764. The van der Waals surface area contributed by atoms with Crippen molar-refractivity contribution < 1.29 is 26.4 Å². The molecule has 3 aromatic heterocycles. The summed E-state index contributed by atoms with van der Waals surface area (Å²) in [4.78, 5) is 26.6. The summed E-state index contributed by atoms with van der Waals surface area (Å²) in [6, 6.07) is 6.01. The molecule has 188 valence electrons. The van der Waals surface area contributed by atoms with E-state index in [-0.39, 0.29) is 39.7 Å². The molecule has 0 bridgehead atoms. The number of amides is 1. The van der Waals surface area contributed by atoms with E-state index in [1.54, 1.807) is 30.2 Å². The maximum atomic E-state index is 13.3. The van der Waals surface area contributed by atoms with Crippen LogP contribution >= 0.6 is 0 Å². The number of hydrogen-bond acceptors (Lipinski definition) is 7. The summed E-state index contributed by atoms with van der Waals surface area (Å²) in [6.07, 6.45) is 0.150. The Morgan fingerprint density at radius 2 is 1.97 bits per heavy atom. The highest BCUT2D eigenvalue weighted by Gasteiger charge is 2.43.